The van der Waals surface area contributed by atoms with Gasteiger partial charge in [-0.25, -0.2) is 4.98 Å². The molecule has 292 valence electrons. The van der Waals surface area contributed by atoms with Crippen LogP contribution in [0.1, 0.15) is 73.1 Å². The number of ether oxygens (including phenoxy) is 1. The number of carbonyl (C=O) groups excluding carboxylic acids is 3. The van der Waals surface area contributed by atoms with E-state index in [4.69, 9.17) is 9.73 Å². The highest BCUT2D eigenvalue weighted by molar-refractivity contribution is 6.03. The highest BCUT2D eigenvalue weighted by Crippen LogP contribution is 2.34. The van der Waals surface area contributed by atoms with Gasteiger partial charge in [0.2, 0.25) is 11.8 Å². The van der Waals surface area contributed by atoms with E-state index in [-0.39, 0.29) is 36.4 Å². The van der Waals surface area contributed by atoms with Crippen molar-refractivity contribution in [2.75, 3.05) is 34.8 Å². The third kappa shape index (κ3) is 8.51. The molecular weight excluding hydrogens is 713 g/mol. The largest absolute Gasteiger partial charge is 0.469 e. The van der Waals surface area contributed by atoms with Crippen molar-refractivity contribution in [1.29, 1.82) is 0 Å². The average Bonchev–Trinajstić information content (AvgIpc) is 4.05. The monoisotopic (exact) mass is 762 g/mol. The molecule has 1 fully saturated rings. The Morgan fingerprint density at radius 2 is 1.42 bits per heavy atom. The van der Waals surface area contributed by atoms with Gasteiger partial charge in [0.15, 0.2) is 0 Å². The highest BCUT2D eigenvalue weighted by Gasteiger charge is 2.38. The predicted octanol–water partition coefficient (Wildman–Crippen LogP) is 8.09. The molecule has 2 aliphatic heterocycles. The summed E-state index contributed by atoms with van der Waals surface area (Å²) >= 11 is 0. The maximum atomic E-state index is 13.9. The summed E-state index contributed by atoms with van der Waals surface area (Å²) in [7, 11) is 7.00. The van der Waals surface area contributed by atoms with Crippen LogP contribution in [0.2, 0.25) is 0 Å². The molecule has 1 saturated heterocycles. The van der Waals surface area contributed by atoms with Crippen molar-refractivity contribution in [2.45, 2.75) is 56.7 Å². The topological polar surface area (TPSA) is 111 Å². The van der Waals surface area contributed by atoms with Crippen molar-refractivity contribution in [3.63, 3.8) is 0 Å². The number of benzene rings is 4. The molecule has 0 bridgehead atoms. The van der Waals surface area contributed by atoms with Crippen LogP contribution in [-0.4, -0.2) is 89.0 Å². The van der Waals surface area contributed by atoms with E-state index in [1.54, 1.807) is 18.1 Å². The summed E-state index contributed by atoms with van der Waals surface area (Å²) in [6, 6.07) is 35.5. The molecule has 5 aromatic rings. The number of imidazole rings is 1. The second-order valence-electron chi connectivity index (χ2n) is 15.1. The molecule has 3 heterocycles. The van der Waals surface area contributed by atoms with E-state index in [2.05, 4.69) is 58.5 Å². The Balaban J connectivity index is 0.972. The lowest BCUT2D eigenvalue weighted by molar-refractivity contribution is -0.145. The molecule has 1 aromatic heterocycles. The minimum absolute atomic E-state index is 0.0118. The van der Waals surface area contributed by atoms with Crippen LogP contribution in [0, 0.1) is 0 Å². The van der Waals surface area contributed by atoms with E-state index in [0.29, 0.717) is 5.82 Å². The number of aromatic amines is 1. The maximum absolute atomic E-state index is 13.9. The molecule has 10 heteroatoms. The van der Waals surface area contributed by atoms with Crippen LogP contribution in [0.4, 0.5) is 0 Å². The summed E-state index contributed by atoms with van der Waals surface area (Å²) in [6.07, 6.45) is 6.35. The van der Waals surface area contributed by atoms with E-state index in [0.717, 1.165) is 76.2 Å². The van der Waals surface area contributed by atoms with Crippen molar-refractivity contribution in [1.82, 2.24) is 24.7 Å². The Labute approximate surface area is 334 Å². The first-order valence-corrected chi connectivity index (χ1v) is 19.5. The molecule has 0 saturated carbocycles. The number of hydrogen-bond acceptors (Lipinski definition) is 7. The van der Waals surface area contributed by atoms with Crippen LogP contribution in [0.15, 0.2) is 127 Å². The van der Waals surface area contributed by atoms with E-state index in [1.807, 2.05) is 97.7 Å². The fourth-order valence-corrected chi connectivity index (χ4v) is 7.98. The smallest absolute Gasteiger partial charge is 0.306 e. The average molecular weight is 763 g/mol. The van der Waals surface area contributed by atoms with Gasteiger partial charge in [-0.05, 0) is 72.8 Å². The van der Waals surface area contributed by atoms with Crippen LogP contribution in [-0.2, 0) is 19.1 Å². The van der Waals surface area contributed by atoms with Gasteiger partial charge < -0.3 is 19.5 Å². The van der Waals surface area contributed by atoms with Crippen LogP contribution >= 0.6 is 0 Å². The zero-order chi connectivity index (χ0) is 40.1. The third-order valence-electron chi connectivity index (χ3n) is 11.3. The van der Waals surface area contributed by atoms with Crippen LogP contribution < -0.4 is 0 Å². The van der Waals surface area contributed by atoms with E-state index < -0.39 is 11.9 Å². The molecule has 2 amide bonds. The normalized spacial score (nSPS) is 16.8. The van der Waals surface area contributed by atoms with Gasteiger partial charge in [0.25, 0.3) is 0 Å². The summed E-state index contributed by atoms with van der Waals surface area (Å²) in [4.78, 5) is 58.4. The number of methoxy groups -OCH3 is 1. The second kappa shape index (κ2) is 17.3. The number of rotatable bonds is 13. The van der Waals surface area contributed by atoms with E-state index in [9.17, 15) is 14.4 Å². The summed E-state index contributed by atoms with van der Waals surface area (Å²) < 4.78 is 4.90. The number of carbonyl (C=O) groups is 3. The summed E-state index contributed by atoms with van der Waals surface area (Å²) in [5, 5.41) is 0. The molecule has 1 N–H and O–H groups in total. The summed E-state index contributed by atoms with van der Waals surface area (Å²) in [5.74, 6) is -0.504. The number of amides is 2. The molecule has 7 rings (SSSR count). The summed E-state index contributed by atoms with van der Waals surface area (Å²) in [5.41, 5.74) is 9.13. The Bertz CT molecular complexity index is 2250. The van der Waals surface area contributed by atoms with Gasteiger partial charge in [-0.2, -0.15) is 0 Å². The lowest BCUT2D eigenvalue weighted by Crippen LogP contribution is -2.45. The number of hydrogen-bond donors (Lipinski definition) is 1. The Morgan fingerprint density at radius 3 is 2.04 bits per heavy atom. The van der Waals surface area contributed by atoms with Crippen molar-refractivity contribution >= 4 is 29.1 Å². The fourth-order valence-electron chi connectivity index (χ4n) is 7.98. The number of nitrogens with zero attached hydrogens (tertiary/aromatic N) is 5. The zero-order valence-corrected chi connectivity index (χ0v) is 33.3. The molecule has 10 nitrogen and oxygen atoms in total. The Kier molecular flexibility index (Phi) is 11.9. The van der Waals surface area contributed by atoms with Crippen molar-refractivity contribution in [2.24, 2.45) is 4.99 Å². The number of likely N-dealkylation sites (tertiary alicyclic amines) is 1. The molecule has 2 aliphatic rings. The molecule has 57 heavy (non-hydrogen) atoms. The first-order chi connectivity index (χ1) is 27.6. The molecule has 4 atom stereocenters. The zero-order valence-electron chi connectivity index (χ0n) is 33.3. The fraction of sp³-hybridized carbons (Fsp3) is 0.298. The van der Waals surface area contributed by atoms with Gasteiger partial charge in [-0.1, -0.05) is 109 Å². The number of H-pyrrole nitrogens is 1. The quantitative estimate of drug-likeness (QED) is 0.122. The van der Waals surface area contributed by atoms with Crippen molar-refractivity contribution in [3.8, 4) is 22.4 Å². The van der Waals surface area contributed by atoms with Gasteiger partial charge in [0.1, 0.15) is 11.9 Å². The minimum Gasteiger partial charge on any atom is -0.469 e. The van der Waals surface area contributed by atoms with E-state index in [1.165, 1.54) is 7.11 Å². The number of aromatic nitrogens is 2. The lowest BCUT2D eigenvalue weighted by Gasteiger charge is -2.32. The van der Waals surface area contributed by atoms with Crippen LogP contribution in [0.5, 0.6) is 0 Å². The van der Waals surface area contributed by atoms with Gasteiger partial charge in [0.05, 0.1) is 43.4 Å². The van der Waals surface area contributed by atoms with Crippen LogP contribution in [0.3, 0.4) is 0 Å². The number of likely N-dealkylation sites (N-methyl/N-ethyl adjacent to an activating group) is 2. The molecule has 4 aromatic carbocycles. The first kappa shape index (κ1) is 39.1. The van der Waals surface area contributed by atoms with Gasteiger partial charge in [-0.15, -0.1) is 0 Å². The van der Waals surface area contributed by atoms with Gasteiger partial charge >= 0.3 is 5.97 Å². The molecule has 0 radical (unpaired) electrons. The molecule has 0 spiro atoms. The number of allylic oxidation sites excluding steroid dienone is 1. The van der Waals surface area contributed by atoms with Gasteiger partial charge in [0, 0.05) is 31.9 Å². The molecule has 0 unspecified atom stereocenters. The maximum Gasteiger partial charge on any atom is 0.306 e. The lowest BCUT2D eigenvalue weighted by atomic mass is 9.94. The number of nitrogens with one attached hydrogen (secondary N) is 1. The Morgan fingerprint density at radius 1 is 0.825 bits per heavy atom. The Hall–Kier alpha value is -6.13. The molecule has 0 aliphatic carbocycles. The summed E-state index contributed by atoms with van der Waals surface area (Å²) in [6.45, 7) is 2.66. The SMILES string of the molecule is COC(=O)C[C@@H](C(=O)N(C)[C@@H](C)c1ncc(-c2ccc(-c3ccc(C4=CN=C([C@@H]5CCCN5C(=O)[C@@H](c5ccccc5)N(C)C)C4)cc3)cc2)[nH]1)c1ccccc1. The highest BCUT2D eigenvalue weighted by atomic mass is 16.5. The minimum atomic E-state index is -0.662. The van der Waals surface area contributed by atoms with Crippen LogP contribution in [0.25, 0.3) is 28.0 Å². The predicted molar refractivity (Wildman–Crippen MR) is 224 cm³/mol. The number of aliphatic imine (C=N–C) groups is 1. The van der Waals surface area contributed by atoms with Crippen molar-refractivity contribution < 1.29 is 19.1 Å². The second-order valence-corrected chi connectivity index (χ2v) is 15.1. The number of esters is 1. The standard InChI is InChI=1S/C47H50N6O4/c1-31(52(4)46(55)39(28-43(54)57-5)35-13-8-6-9-14-35)45-49-30-41(50-45)36-24-22-33(23-25-36)32-18-20-34(21-19-32)38-27-40(48-29-38)42-17-12-26-53(42)47(56)44(51(2)3)37-15-10-7-11-16-37/h6-11,13-16,18-25,29-31,39,42,44H,12,17,26-28H2,1-5H3,(H,49,50)/t31-,39+,42-,44+/m0/s1. The van der Waals surface area contributed by atoms with Gasteiger partial charge in [-0.3, -0.25) is 24.3 Å². The third-order valence-corrected chi connectivity index (χ3v) is 11.3. The first-order valence-electron chi connectivity index (χ1n) is 19.5. The molecular formula is C47H50N6O4. The van der Waals surface area contributed by atoms with Crippen molar-refractivity contribution in [3.05, 3.63) is 144 Å². The van der Waals surface area contributed by atoms with E-state index >= 15 is 0 Å².